The molecule has 7 heteroatoms. The number of sulfonamides is 1. The molecule has 0 saturated heterocycles. The monoisotopic (exact) mass is 298 g/mol. The van der Waals surface area contributed by atoms with E-state index in [1.165, 1.54) is 18.2 Å². The Bertz CT molecular complexity index is 596. The van der Waals surface area contributed by atoms with E-state index in [2.05, 4.69) is 0 Å². The van der Waals surface area contributed by atoms with E-state index in [4.69, 9.17) is 9.88 Å². The highest BCUT2D eigenvalue weighted by atomic mass is 32.2. The van der Waals surface area contributed by atoms with Gasteiger partial charge >= 0.3 is 0 Å². The minimum atomic E-state index is -3.80. The van der Waals surface area contributed by atoms with Gasteiger partial charge in [-0.05, 0) is 31.0 Å². The minimum Gasteiger partial charge on any atom is -0.383 e. The molecule has 1 aliphatic rings. The van der Waals surface area contributed by atoms with Crippen LogP contribution in [0.2, 0.25) is 0 Å². The van der Waals surface area contributed by atoms with Crippen LogP contribution in [0.4, 0.5) is 0 Å². The highest BCUT2D eigenvalue weighted by Gasteiger charge is 2.32. The molecule has 1 fully saturated rings. The normalized spacial score (nSPS) is 15.1. The summed E-state index contributed by atoms with van der Waals surface area (Å²) in [6.07, 6.45) is 1.95. The number of primary sulfonamides is 1. The molecule has 0 aliphatic heterocycles. The SMILES string of the molecule is COCCN(C(=O)c1cccc(S(N)(=O)=O)c1)C1CC1. The van der Waals surface area contributed by atoms with E-state index in [0.717, 1.165) is 12.8 Å². The fourth-order valence-corrected chi connectivity index (χ4v) is 2.56. The Kier molecular flexibility index (Phi) is 4.42. The largest absolute Gasteiger partial charge is 0.383 e. The maximum atomic E-state index is 12.4. The third kappa shape index (κ3) is 3.56. The topological polar surface area (TPSA) is 89.7 Å². The maximum Gasteiger partial charge on any atom is 0.254 e. The number of nitrogens with two attached hydrogens (primary N) is 1. The molecule has 2 rings (SSSR count). The number of methoxy groups -OCH3 is 1. The number of nitrogens with zero attached hydrogens (tertiary/aromatic N) is 1. The second-order valence-electron chi connectivity index (χ2n) is 4.80. The van der Waals surface area contributed by atoms with E-state index < -0.39 is 10.0 Å². The van der Waals surface area contributed by atoms with Crippen molar-refractivity contribution in [1.82, 2.24) is 4.90 Å². The minimum absolute atomic E-state index is 0.0501. The van der Waals surface area contributed by atoms with E-state index in [1.807, 2.05) is 0 Å². The highest BCUT2D eigenvalue weighted by Crippen LogP contribution is 2.28. The molecule has 110 valence electrons. The zero-order chi connectivity index (χ0) is 14.8. The lowest BCUT2D eigenvalue weighted by atomic mass is 10.2. The van der Waals surface area contributed by atoms with Gasteiger partial charge in [-0.3, -0.25) is 4.79 Å². The van der Waals surface area contributed by atoms with Crippen molar-refractivity contribution < 1.29 is 17.9 Å². The lowest BCUT2D eigenvalue weighted by Crippen LogP contribution is -2.35. The van der Waals surface area contributed by atoms with Crippen molar-refractivity contribution in [3.63, 3.8) is 0 Å². The summed E-state index contributed by atoms with van der Waals surface area (Å²) in [5.74, 6) is -0.185. The molecule has 0 aromatic heterocycles. The van der Waals surface area contributed by atoms with Crippen molar-refractivity contribution in [2.24, 2.45) is 5.14 Å². The molecule has 1 aromatic rings. The van der Waals surface area contributed by atoms with Crippen LogP contribution in [0.3, 0.4) is 0 Å². The first-order valence-electron chi connectivity index (χ1n) is 6.36. The summed E-state index contributed by atoms with van der Waals surface area (Å²) < 4.78 is 27.7. The molecule has 6 nitrogen and oxygen atoms in total. The van der Waals surface area contributed by atoms with Crippen LogP contribution in [-0.4, -0.2) is 45.5 Å². The standard InChI is InChI=1S/C13H18N2O4S/c1-19-8-7-15(11-5-6-11)13(16)10-3-2-4-12(9-10)20(14,17)18/h2-4,9,11H,5-8H2,1H3,(H2,14,17,18). The van der Waals surface area contributed by atoms with E-state index in [1.54, 1.807) is 18.1 Å². The van der Waals surface area contributed by atoms with Gasteiger partial charge in [-0.2, -0.15) is 0 Å². The second-order valence-corrected chi connectivity index (χ2v) is 6.36. The number of hydrogen-bond acceptors (Lipinski definition) is 4. The Labute approximate surface area is 118 Å². The van der Waals surface area contributed by atoms with Gasteiger partial charge in [-0.1, -0.05) is 6.07 Å². The average molecular weight is 298 g/mol. The Morgan fingerprint density at radius 1 is 1.45 bits per heavy atom. The first-order chi connectivity index (χ1) is 9.43. The van der Waals surface area contributed by atoms with Crippen LogP contribution in [0.15, 0.2) is 29.2 Å². The van der Waals surface area contributed by atoms with Crippen molar-refractivity contribution in [1.29, 1.82) is 0 Å². The van der Waals surface area contributed by atoms with Crippen LogP contribution in [-0.2, 0) is 14.8 Å². The Morgan fingerprint density at radius 3 is 2.70 bits per heavy atom. The number of rotatable bonds is 6. The molecule has 0 heterocycles. The van der Waals surface area contributed by atoms with Crippen molar-refractivity contribution in [2.45, 2.75) is 23.8 Å². The van der Waals surface area contributed by atoms with E-state index >= 15 is 0 Å². The van der Waals surface area contributed by atoms with Gasteiger partial charge in [-0.25, -0.2) is 13.6 Å². The van der Waals surface area contributed by atoms with Crippen molar-refractivity contribution in [3.05, 3.63) is 29.8 Å². The van der Waals surface area contributed by atoms with Gasteiger partial charge in [0.1, 0.15) is 0 Å². The molecule has 0 unspecified atom stereocenters. The number of hydrogen-bond donors (Lipinski definition) is 1. The third-order valence-electron chi connectivity index (χ3n) is 3.19. The summed E-state index contributed by atoms with van der Waals surface area (Å²) in [6, 6.07) is 6.05. The summed E-state index contributed by atoms with van der Waals surface area (Å²) in [4.78, 5) is 14.1. The van der Waals surface area contributed by atoms with Crippen molar-refractivity contribution >= 4 is 15.9 Å². The summed E-state index contributed by atoms with van der Waals surface area (Å²) in [5.41, 5.74) is 0.333. The summed E-state index contributed by atoms with van der Waals surface area (Å²) in [5, 5.41) is 5.08. The number of benzene rings is 1. The van der Waals surface area contributed by atoms with Crippen LogP contribution in [0, 0.1) is 0 Å². The number of carbonyl (C=O) groups is 1. The van der Waals surface area contributed by atoms with Crippen molar-refractivity contribution in [2.75, 3.05) is 20.3 Å². The maximum absolute atomic E-state index is 12.4. The van der Waals surface area contributed by atoms with Gasteiger partial charge in [0.2, 0.25) is 10.0 Å². The van der Waals surface area contributed by atoms with E-state index in [-0.39, 0.29) is 16.8 Å². The summed E-state index contributed by atoms with van der Waals surface area (Å²) in [7, 11) is -2.22. The molecule has 1 aromatic carbocycles. The molecule has 0 atom stereocenters. The Hall–Kier alpha value is -1.44. The zero-order valence-corrected chi connectivity index (χ0v) is 12.1. The van der Waals surface area contributed by atoms with E-state index in [9.17, 15) is 13.2 Å². The molecule has 2 N–H and O–H groups in total. The molecule has 20 heavy (non-hydrogen) atoms. The van der Waals surface area contributed by atoms with Gasteiger partial charge in [0.15, 0.2) is 0 Å². The number of carbonyl (C=O) groups excluding carboxylic acids is 1. The lowest BCUT2D eigenvalue weighted by Gasteiger charge is -2.22. The van der Waals surface area contributed by atoms with E-state index in [0.29, 0.717) is 18.7 Å². The summed E-state index contributed by atoms with van der Waals surface area (Å²) >= 11 is 0. The van der Waals surface area contributed by atoms with Crippen LogP contribution in [0.1, 0.15) is 23.2 Å². The van der Waals surface area contributed by atoms with Crippen LogP contribution >= 0.6 is 0 Å². The lowest BCUT2D eigenvalue weighted by molar-refractivity contribution is 0.0680. The first kappa shape index (κ1) is 15.0. The van der Waals surface area contributed by atoms with Crippen molar-refractivity contribution in [3.8, 4) is 0 Å². The van der Waals surface area contributed by atoms with Crippen LogP contribution in [0.5, 0.6) is 0 Å². The predicted octanol–water partition coefficient (Wildman–Crippen LogP) is 0.585. The molecule has 1 amide bonds. The van der Waals surface area contributed by atoms with Gasteiger partial charge in [0, 0.05) is 25.3 Å². The molecular weight excluding hydrogens is 280 g/mol. The second kappa shape index (κ2) is 5.90. The number of ether oxygens (including phenoxy) is 1. The molecule has 0 bridgehead atoms. The molecule has 0 radical (unpaired) electrons. The first-order valence-corrected chi connectivity index (χ1v) is 7.91. The van der Waals surface area contributed by atoms with Gasteiger partial charge in [-0.15, -0.1) is 0 Å². The molecular formula is C13H18N2O4S. The molecule has 1 aliphatic carbocycles. The average Bonchev–Trinajstić information content (AvgIpc) is 3.23. The van der Waals surface area contributed by atoms with Crippen LogP contribution < -0.4 is 5.14 Å². The van der Waals surface area contributed by atoms with Crippen LogP contribution in [0.25, 0.3) is 0 Å². The third-order valence-corrected chi connectivity index (χ3v) is 4.11. The summed E-state index contributed by atoms with van der Waals surface area (Å²) in [6.45, 7) is 0.955. The Balaban J connectivity index is 2.23. The highest BCUT2D eigenvalue weighted by molar-refractivity contribution is 7.89. The quantitative estimate of drug-likeness (QED) is 0.832. The molecule has 1 saturated carbocycles. The fraction of sp³-hybridized carbons (Fsp3) is 0.462. The smallest absolute Gasteiger partial charge is 0.254 e. The Morgan fingerprint density at radius 2 is 2.15 bits per heavy atom. The fourth-order valence-electron chi connectivity index (χ4n) is 2.00. The predicted molar refractivity (Wildman–Crippen MR) is 73.7 cm³/mol. The van der Waals surface area contributed by atoms with Gasteiger partial charge in [0.05, 0.1) is 11.5 Å². The van der Waals surface area contributed by atoms with Gasteiger partial charge < -0.3 is 9.64 Å². The molecule has 0 spiro atoms. The zero-order valence-electron chi connectivity index (χ0n) is 11.3. The van der Waals surface area contributed by atoms with Gasteiger partial charge in [0.25, 0.3) is 5.91 Å². The number of amides is 1.